The van der Waals surface area contributed by atoms with E-state index >= 15 is 0 Å². The van der Waals surface area contributed by atoms with E-state index in [1.165, 1.54) is 6.07 Å². The van der Waals surface area contributed by atoms with E-state index in [2.05, 4.69) is 4.37 Å². The first kappa shape index (κ1) is 11.4. The first-order valence-corrected chi connectivity index (χ1v) is 5.55. The molecule has 0 radical (unpaired) electrons. The third-order valence-electron chi connectivity index (χ3n) is 1.99. The van der Waals surface area contributed by atoms with Crippen LogP contribution in [-0.4, -0.2) is 17.5 Å². The van der Waals surface area contributed by atoms with E-state index in [1.807, 2.05) is 0 Å². The zero-order valence-corrected chi connectivity index (χ0v) is 9.86. The second kappa shape index (κ2) is 4.84. The smallest absolute Gasteiger partial charge is 0.363 e. The van der Waals surface area contributed by atoms with E-state index in [9.17, 15) is 4.79 Å². The van der Waals surface area contributed by atoms with Crippen LogP contribution in [0.4, 0.5) is 5.00 Å². The number of methoxy groups -OCH3 is 1. The van der Waals surface area contributed by atoms with E-state index in [1.54, 1.807) is 31.4 Å². The van der Waals surface area contributed by atoms with Crippen molar-refractivity contribution in [2.24, 2.45) is 0 Å². The summed E-state index contributed by atoms with van der Waals surface area (Å²) in [5.74, 6) is 0.486. The molecule has 0 unspecified atom stereocenters. The number of ether oxygens (including phenoxy) is 2. The van der Waals surface area contributed by atoms with Crippen LogP contribution in [0.1, 0.15) is 10.5 Å². The molecule has 0 bridgehead atoms. The SMILES string of the molecule is COc1cccc(OC(=O)c2cc(N)sn2)c1. The molecule has 0 aliphatic heterocycles. The summed E-state index contributed by atoms with van der Waals surface area (Å²) in [6.45, 7) is 0. The van der Waals surface area contributed by atoms with Gasteiger partial charge in [-0.15, -0.1) is 0 Å². The molecule has 17 heavy (non-hydrogen) atoms. The van der Waals surface area contributed by atoms with Crippen LogP contribution in [0.5, 0.6) is 11.5 Å². The number of nitrogens with two attached hydrogens (primary N) is 1. The first-order valence-electron chi connectivity index (χ1n) is 4.77. The number of nitrogens with zero attached hydrogens (tertiary/aromatic N) is 1. The number of rotatable bonds is 3. The van der Waals surface area contributed by atoms with Gasteiger partial charge in [-0.2, -0.15) is 4.37 Å². The Morgan fingerprint density at radius 2 is 2.12 bits per heavy atom. The molecule has 0 amide bonds. The maximum Gasteiger partial charge on any atom is 0.363 e. The maximum atomic E-state index is 11.7. The summed E-state index contributed by atoms with van der Waals surface area (Å²) in [5, 5.41) is 0.475. The quantitative estimate of drug-likeness (QED) is 0.665. The lowest BCUT2D eigenvalue weighted by Gasteiger charge is -2.04. The van der Waals surface area contributed by atoms with Gasteiger partial charge in [0.15, 0.2) is 5.69 Å². The summed E-state index contributed by atoms with van der Waals surface area (Å²) < 4.78 is 14.0. The molecule has 0 saturated heterocycles. The predicted octanol–water partition coefficient (Wildman–Crippen LogP) is 1.95. The highest BCUT2D eigenvalue weighted by Crippen LogP contribution is 2.20. The van der Waals surface area contributed by atoms with Gasteiger partial charge in [0.1, 0.15) is 16.5 Å². The number of nitrogen functional groups attached to an aromatic ring is 1. The van der Waals surface area contributed by atoms with Gasteiger partial charge in [-0.1, -0.05) is 6.07 Å². The van der Waals surface area contributed by atoms with Gasteiger partial charge < -0.3 is 15.2 Å². The summed E-state index contributed by atoms with van der Waals surface area (Å²) in [7, 11) is 1.54. The van der Waals surface area contributed by atoms with Crippen LogP contribution < -0.4 is 15.2 Å². The van der Waals surface area contributed by atoms with Gasteiger partial charge in [0, 0.05) is 12.1 Å². The van der Waals surface area contributed by atoms with Crippen LogP contribution in [0.25, 0.3) is 0 Å². The van der Waals surface area contributed by atoms with Gasteiger partial charge in [0.25, 0.3) is 0 Å². The monoisotopic (exact) mass is 250 g/mol. The fourth-order valence-corrected chi connectivity index (χ4v) is 1.70. The zero-order valence-electron chi connectivity index (χ0n) is 9.04. The highest BCUT2D eigenvalue weighted by atomic mass is 32.1. The van der Waals surface area contributed by atoms with Crippen molar-refractivity contribution in [3.05, 3.63) is 36.0 Å². The molecule has 1 aromatic carbocycles. The molecular weight excluding hydrogens is 240 g/mol. The molecule has 1 heterocycles. The molecule has 0 aliphatic carbocycles. The fourth-order valence-electron chi connectivity index (χ4n) is 1.21. The Kier molecular flexibility index (Phi) is 3.24. The lowest BCUT2D eigenvalue weighted by Crippen LogP contribution is -2.08. The Balaban J connectivity index is 2.12. The van der Waals surface area contributed by atoms with Crippen LogP contribution >= 0.6 is 11.5 Å². The topological polar surface area (TPSA) is 74.4 Å². The standard InChI is InChI=1S/C11H10N2O3S/c1-15-7-3-2-4-8(5-7)16-11(14)9-6-10(12)17-13-9/h2-6H,12H2,1H3. The molecular formula is C11H10N2O3S. The highest BCUT2D eigenvalue weighted by molar-refractivity contribution is 7.10. The molecule has 2 rings (SSSR count). The van der Waals surface area contributed by atoms with E-state index in [0.717, 1.165) is 11.5 Å². The second-order valence-electron chi connectivity index (χ2n) is 3.18. The molecule has 0 aliphatic rings. The van der Waals surface area contributed by atoms with Crippen LogP contribution in [0.3, 0.4) is 0 Å². The summed E-state index contributed by atoms with van der Waals surface area (Å²) >= 11 is 1.05. The summed E-state index contributed by atoms with van der Waals surface area (Å²) in [6.07, 6.45) is 0. The molecule has 5 nitrogen and oxygen atoms in total. The number of anilines is 1. The second-order valence-corrected chi connectivity index (χ2v) is 4.02. The maximum absolute atomic E-state index is 11.7. The Morgan fingerprint density at radius 1 is 1.35 bits per heavy atom. The minimum absolute atomic E-state index is 0.204. The molecule has 2 N–H and O–H groups in total. The Bertz CT molecular complexity index is 539. The van der Waals surface area contributed by atoms with Gasteiger partial charge in [-0.25, -0.2) is 4.79 Å². The molecule has 6 heteroatoms. The third kappa shape index (κ3) is 2.73. The number of carbonyl (C=O) groups is 1. The number of esters is 1. The van der Waals surface area contributed by atoms with Gasteiger partial charge in [-0.3, -0.25) is 0 Å². The Hall–Kier alpha value is -2.08. The van der Waals surface area contributed by atoms with Crippen molar-refractivity contribution in [1.29, 1.82) is 0 Å². The molecule has 0 atom stereocenters. The van der Waals surface area contributed by atoms with Gasteiger partial charge in [0.05, 0.1) is 7.11 Å². The number of benzene rings is 1. The van der Waals surface area contributed by atoms with E-state index in [-0.39, 0.29) is 5.69 Å². The summed E-state index contributed by atoms with van der Waals surface area (Å²) in [4.78, 5) is 11.7. The predicted molar refractivity (Wildman–Crippen MR) is 64.5 cm³/mol. The van der Waals surface area contributed by atoms with Crippen LogP contribution in [0, 0.1) is 0 Å². The van der Waals surface area contributed by atoms with Crippen molar-refractivity contribution in [2.75, 3.05) is 12.8 Å². The largest absolute Gasteiger partial charge is 0.497 e. The van der Waals surface area contributed by atoms with Crippen LogP contribution in [0.2, 0.25) is 0 Å². The molecule has 0 fully saturated rings. The fraction of sp³-hybridized carbons (Fsp3) is 0.0909. The van der Waals surface area contributed by atoms with E-state index in [4.69, 9.17) is 15.2 Å². The average Bonchev–Trinajstić information content (AvgIpc) is 2.76. The molecule has 0 spiro atoms. The molecule has 88 valence electrons. The normalized spacial score (nSPS) is 9.94. The van der Waals surface area contributed by atoms with Crippen LogP contribution in [0.15, 0.2) is 30.3 Å². The third-order valence-corrected chi connectivity index (χ3v) is 2.61. The average molecular weight is 250 g/mol. The number of hydrogen-bond acceptors (Lipinski definition) is 6. The highest BCUT2D eigenvalue weighted by Gasteiger charge is 2.12. The summed E-state index contributed by atoms with van der Waals surface area (Å²) in [5.41, 5.74) is 5.69. The lowest BCUT2D eigenvalue weighted by molar-refractivity contribution is 0.0729. The lowest BCUT2D eigenvalue weighted by atomic mass is 10.3. The first-order chi connectivity index (χ1) is 8.19. The number of hydrogen-bond donors (Lipinski definition) is 1. The molecule has 0 saturated carbocycles. The molecule has 2 aromatic rings. The van der Waals surface area contributed by atoms with Crippen LogP contribution in [-0.2, 0) is 0 Å². The Labute approximate surface area is 102 Å². The number of aromatic nitrogens is 1. The van der Waals surface area contributed by atoms with E-state index < -0.39 is 5.97 Å². The summed E-state index contributed by atoms with van der Waals surface area (Å²) in [6, 6.07) is 8.26. The number of carbonyl (C=O) groups excluding carboxylic acids is 1. The van der Waals surface area contributed by atoms with Gasteiger partial charge in [0.2, 0.25) is 0 Å². The van der Waals surface area contributed by atoms with Crippen molar-refractivity contribution in [3.63, 3.8) is 0 Å². The van der Waals surface area contributed by atoms with Crippen molar-refractivity contribution < 1.29 is 14.3 Å². The zero-order chi connectivity index (χ0) is 12.3. The van der Waals surface area contributed by atoms with Crippen molar-refractivity contribution in [3.8, 4) is 11.5 Å². The van der Waals surface area contributed by atoms with Crippen molar-refractivity contribution in [1.82, 2.24) is 4.37 Å². The van der Waals surface area contributed by atoms with Gasteiger partial charge in [-0.05, 0) is 23.7 Å². The minimum Gasteiger partial charge on any atom is -0.497 e. The molecule has 1 aromatic heterocycles. The van der Waals surface area contributed by atoms with E-state index in [0.29, 0.717) is 16.5 Å². The van der Waals surface area contributed by atoms with Crippen molar-refractivity contribution >= 4 is 22.5 Å². The van der Waals surface area contributed by atoms with Gasteiger partial charge >= 0.3 is 5.97 Å². The minimum atomic E-state index is -0.536. The Morgan fingerprint density at radius 3 is 2.76 bits per heavy atom. The van der Waals surface area contributed by atoms with Crippen molar-refractivity contribution in [2.45, 2.75) is 0 Å².